The van der Waals surface area contributed by atoms with E-state index in [1.165, 1.54) is 19.3 Å². The average Bonchev–Trinajstić information content (AvgIpc) is 3.08. The molecule has 3 aliphatic carbocycles. The Balaban J connectivity index is 1.37. The van der Waals surface area contributed by atoms with Gasteiger partial charge in [0.25, 0.3) is 5.91 Å². The zero-order chi connectivity index (χ0) is 21.1. The number of pyridine rings is 1. The summed E-state index contributed by atoms with van der Waals surface area (Å²) in [7, 11) is 1.97. The van der Waals surface area contributed by atoms with E-state index in [4.69, 9.17) is 0 Å². The van der Waals surface area contributed by atoms with Crippen molar-refractivity contribution in [1.29, 1.82) is 0 Å². The first-order chi connectivity index (χ1) is 14.3. The van der Waals surface area contributed by atoms with Crippen molar-refractivity contribution in [2.24, 2.45) is 28.6 Å². The van der Waals surface area contributed by atoms with Crippen LogP contribution in [-0.2, 0) is 4.79 Å². The number of hydrogen-bond acceptors (Lipinski definition) is 3. The number of aromatic nitrogens is 1. The number of fused-ring (bicyclic) bond motifs is 5. The molecule has 0 saturated heterocycles. The van der Waals surface area contributed by atoms with E-state index in [1.807, 2.05) is 11.9 Å². The van der Waals surface area contributed by atoms with Crippen LogP contribution in [0.15, 0.2) is 36.7 Å². The highest BCUT2D eigenvalue weighted by Gasteiger charge is 2.60. The molecule has 3 saturated carbocycles. The number of nitrogens with zero attached hydrogens (tertiary/aromatic N) is 2. The van der Waals surface area contributed by atoms with Gasteiger partial charge in [-0.3, -0.25) is 14.6 Å². The van der Waals surface area contributed by atoms with Crippen molar-refractivity contribution in [3.63, 3.8) is 0 Å². The van der Waals surface area contributed by atoms with Crippen LogP contribution in [-0.4, -0.2) is 40.8 Å². The number of hydrogen-bond donors (Lipinski definition) is 1. The maximum absolute atomic E-state index is 12.8. The molecule has 2 heterocycles. The van der Waals surface area contributed by atoms with Crippen LogP contribution >= 0.6 is 0 Å². The van der Waals surface area contributed by atoms with Gasteiger partial charge in [0.15, 0.2) is 0 Å². The van der Waals surface area contributed by atoms with Crippen LogP contribution in [0.5, 0.6) is 0 Å². The van der Waals surface area contributed by atoms with Gasteiger partial charge in [-0.1, -0.05) is 19.9 Å². The van der Waals surface area contributed by atoms with Crippen LogP contribution in [0, 0.1) is 28.6 Å². The van der Waals surface area contributed by atoms with Crippen LogP contribution in [0.3, 0.4) is 0 Å². The van der Waals surface area contributed by atoms with E-state index in [0.29, 0.717) is 29.4 Å². The first-order valence-electron chi connectivity index (χ1n) is 11.5. The number of rotatable bonds is 2. The summed E-state index contributed by atoms with van der Waals surface area (Å²) in [6.07, 6.45) is 14.3. The minimum absolute atomic E-state index is 0.0254. The average molecular weight is 408 g/mol. The molecule has 4 aliphatic rings. The van der Waals surface area contributed by atoms with Crippen molar-refractivity contribution >= 4 is 11.8 Å². The summed E-state index contributed by atoms with van der Waals surface area (Å²) >= 11 is 0. The normalized spacial score (nSPS) is 42.3. The molecule has 3 fully saturated rings. The molecule has 5 nitrogen and oxygen atoms in total. The third-order valence-corrected chi connectivity index (χ3v) is 9.38. The van der Waals surface area contributed by atoms with E-state index in [1.54, 1.807) is 30.6 Å². The molecular formula is C25H33N3O2. The number of amides is 2. The molecule has 1 aliphatic heterocycles. The highest BCUT2D eigenvalue weighted by atomic mass is 16.2. The molecule has 5 heteroatoms. The van der Waals surface area contributed by atoms with E-state index in [9.17, 15) is 9.59 Å². The quantitative estimate of drug-likeness (QED) is 0.811. The molecule has 1 N–H and O–H groups in total. The summed E-state index contributed by atoms with van der Waals surface area (Å²) in [5.41, 5.74) is 0.928. The van der Waals surface area contributed by atoms with Gasteiger partial charge in [-0.25, -0.2) is 0 Å². The monoisotopic (exact) mass is 407 g/mol. The van der Waals surface area contributed by atoms with Gasteiger partial charge in [0.1, 0.15) is 0 Å². The zero-order valence-electron chi connectivity index (χ0n) is 18.3. The van der Waals surface area contributed by atoms with E-state index >= 15 is 0 Å². The molecular weight excluding hydrogens is 374 g/mol. The van der Waals surface area contributed by atoms with Gasteiger partial charge >= 0.3 is 0 Å². The molecule has 7 atom stereocenters. The van der Waals surface area contributed by atoms with Gasteiger partial charge in [-0.05, 0) is 79.9 Å². The number of nitrogens with one attached hydrogen (secondary N) is 1. The van der Waals surface area contributed by atoms with Crippen molar-refractivity contribution < 1.29 is 9.59 Å². The first-order valence-corrected chi connectivity index (χ1v) is 11.5. The minimum atomic E-state index is 0.0254. The second kappa shape index (κ2) is 6.93. The Morgan fingerprint density at radius 3 is 2.63 bits per heavy atom. The van der Waals surface area contributed by atoms with E-state index in [2.05, 4.69) is 30.2 Å². The molecule has 5 rings (SSSR count). The Bertz CT molecular complexity index is 884. The Morgan fingerprint density at radius 2 is 1.87 bits per heavy atom. The predicted octanol–water partition coefficient (Wildman–Crippen LogP) is 3.82. The molecule has 0 aromatic carbocycles. The second-order valence-corrected chi connectivity index (χ2v) is 10.5. The predicted molar refractivity (Wildman–Crippen MR) is 116 cm³/mol. The molecule has 30 heavy (non-hydrogen) atoms. The summed E-state index contributed by atoms with van der Waals surface area (Å²) < 4.78 is 0. The van der Waals surface area contributed by atoms with Crippen molar-refractivity contribution in [3.8, 4) is 0 Å². The summed E-state index contributed by atoms with van der Waals surface area (Å²) in [4.78, 5) is 31.1. The highest BCUT2D eigenvalue weighted by Crippen LogP contribution is 2.63. The molecule has 1 aromatic heterocycles. The lowest BCUT2D eigenvalue weighted by molar-refractivity contribution is -0.138. The third-order valence-electron chi connectivity index (χ3n) is 9.38. The summed E-state index contributed by atoms with van der Waals surface area (Å²) in [6.45, 7) is 4.80. The molecule has 2 unspecified atom stereocenters. The first kappa shape index (κ1) is 19.8. The number of carbonyl (C=O) groups is 2. The van der Waals surface area contributed by atoms with E-state index < -0.39 is 0 Å². The van der Waals surface area contributed by atoms with Gasteiger partial charge in [-0.2, -0.15) is 0 Å². The SMILES string of the molecule is CN1C(=O)C=C[C@@]2(C)C1CC[C@@H]1[C@H]2CC[C@]2(C)C(NC(=O)c3ccncc3)CC[C@@H]12. The van der Waals surface area contributed by atoms with E-state index in [-0.39, 0.29) is 28.7 Å². The topological polar surface area (TPSA) is 62.3 Å². The third kappa shape index (κ3) is 2.77. The molecule has 0 spiro atoms. The number of likely N-dealkylation sites (N-methyl/N-ethyl adjacent to an activating group) is 1. The fourth-order valence-corrected chi connectivity index (χ4v) is 7.72. The Labute approximate surface area is 179 Å². The molecule has 2 amide bonds. The molecule has 160 valence electrons. The maximum Gasteiger partial charge on any atom is 0.251 e. The maximum atomic E-state index is 12.8. The summed E-state index contributed by atoms with van der Waals surface area (Å²) in [5, 5.41) is 3.38. The van der Waals surface area contributed by atoms with Crippen molar-refractivity contribution in [1.82, 2.24) is 15.2 Å². The van der Waals surface area contributed by atoms with Gasteiger partial charge in [0.05, 0.1) is 0 Å². The fraction of sp³-hybridized carbons (Fsp3) is 0.640. The van der Waals surface area contributed by atoms with Gasteiger partial charge in [-0.15, -0.1) is 0 Å². The smallest absolute Gasteiger partial charge is 0.251 e. The zero-order valence-corrected chi connectivity index (χ0v) is 18.3. The molecule has 1 aromatic rings. The second-order valence-electron chi connectivity index (χ2n) is 10.5. The summed E-state index contributed by atoms with van der Waals surface area (Å²) in [5.74, 6) is 2.12. The molecule has 0 radical (unpaired) electrons. The lowest BCUT2D eigenvalue weighted by Gasteiger charge is -2.60. The van der Waals surface area contributed by atoms with Crippen LogP contribution in [0.1, 0.15) is 62.7 Å². The standard InChI is InChI=1S/C25H33N3O2/c1-24-12-8-19-17(4-7-21-25(19,2)13-9-22(29)28(21)3)18(24)5-6-20(24)27-23(30)16-10-14-26-15-11-16/h9-11,13-15,17-21H,4-8,12H2,1-3H3,(H,27,30)/t17-,18-,19+,20?,21?,24-,25+/m0/s1. The Kier molecular flexibility index (Phi) is 4.57. The molecule has 0 bridgehead atoms. The van der Waals surface area contributed by atoms with Gasteiger partial charge < -0.3 is 10.2 Å². The lowest BCUT2D eigenvalue weighted by atomic mass is 9.48. The Hall–Kier alpha value is -2.17. The van der Waals surface area contributed by atoms with Crippen molar-refractivity contribution in [3.05, 3.63) is 42.2 Å². The highest BCUT2D eigenvalue weighted by molar-refractivity contribution is 5.94. The van der Waals surface area contributed by atoms with Crippen LogP contribution in [0.25, 0.3) is 0 Å². The van der Waals surface area contributed by atoms with E-state index in [0.717, 1.165) is 19.3 Å². The lowest BCUT2D eigenvalue weighted by Crippen LogP contribution is -2.60. The van der Waals surface area contributed by atoms with Gasteiger partial charge in [0, 0.05) is 42.5 Å². The summed E-state index contributed by atoms with van der Waals surface area (Å²) in [6, 6.07) is 4.14. The van der Waals surface area contributed by atoms with Crippen molar-refractivity contribution in [2.75, 3.05) is 7.05 Å². The largest absolute Gasteiger partial charge is 0.349 e. The van der Waals surface area contributed by atoms with Crippen LogP contribution < -0.4 is 5.32 Å². The van der Waals surface area contributed by atoms with Gasteiger partial charge in [0.2, 0.25) is 5.91 Å². The minimum Gasteiger partial charge on any atom is -0.349 e. The van der Waals surface area contributed by atoms with Crippen LogP contribution in [0.4, 0.5) is 0 Å². The van der Waals surface area contributed by atoms with Crippen LogP contribution in [0.2, 0.25) is 0 Å². The number of carbonyl (C=O) groups excluding carboxylic acids is 2. The fourth-order valence-electron chi connectivity index (χ4n) is 7.72. The van der Waals surface area contributed by atoms with Crippen molar-refractivity contribution in [2.45, 2.75) is 64.5 Å². The Morgan fingerprint density at radius 1 is 1.10 bits per heavy atom.